The SMILES string of the molecule is CCC(C)COC(=O)Oc1ccc([N+](=O)[O-])cc1.CCC(C)COCC(=O)ON1C(=O)CCC1=O.CCC(C)COCCCCCC(=O)ON1C(=O)CCC1=O.COCCOCCOC(=O)N[C@@H](CSCCOCCOC)C(=O)Oc1c(F)c(C)cc(F)c1F.COCCOCCOC[C@H](NC(=O)OCCOCCOC)C(=O)Oc1c(F)c(C)cc(F)c1F.O=C(CO)ON1C(=O)CCC1=O.[CH2-]C(C)CC.[La]. The van der Waals surface area contributed by atoms with Crippen LogP contribution in [-0.4, -0.2) is 306 Å². The number of imide groups is 3. The van der Waals surface area contributed by atoms with Crippen molar-refractivity contribution in [3.8, 4) is 17.2 Å². The number of aryl methyl sites for hydroxylation is 2. The van der Waals surface area contributed by atoms with Crippen LogP contribution in [0.3, 0.4) is 0 Å². The molecule has 4 unspecified atom stereocenters. The molecule has 3 aromatic carbocycles. The van der Waals surface area contributed by atoms with Gasteiger partial charge in [0.15, 0.2) is 29.3 Å². The molecule has 3 aromatic rings. The molecular formula is C91H135F6LaN6O37S-. The average Bonchev–Trinajstić information content (AvgIpc) is 1.37. The number of halogens is 6. The van der Waals surface area contributed by atoms with Gasteiger partial charge >= 0.3 is 48.2 Å². The van der Waals surface area contributed by atoms with Crippen LogP contribution >= 0.6 is 11.8 Å². The molecule has 51 heteroatoms. The maximum Gasteiger partial charge on any atom is 0.513 e. The van der Waals surface area contributed by atoms with Gasteiger partial charge in [-0.3, -0.25) is 38.9 Å². The van der Waals surface area contributed by atoms with Crippen molar-refractivity contribution < 1.29 is 234 Å². The number of thioether (sulfide) groups is 1. The molecule has 3 N–H and O–H groups in total. The number of nitrogens with one attached hydrogen (secondary N) is 2. The van der Waals surface area contributed by atoms with Crippen molar-refractivity contribution in [1.82, 2.24) is 25.8 Å². The fraction of sp³-hybridized carbons (Fsp3) is 0.637. The van der Waals surface area contributed by atoms with Gasteiger partial charge < -0.3 is 118 Å². The van der Waals surface area contributed by atoms with Crippen LogP contribution in [0.2, 0.25) is 0 Å². The molecule has 6 atom stereocenters. The smallest absolute Gasteiger partial charge is 0.447 e. The molecule has 3 heterocycles. The van der Waals surface area contributed by atoms with Crippen molar-refractivity contribution in [2.45, 2.75) is 171 Å². The number of aliphatic hydroxyl groups is 1. The van der Waals surface area contributed by atoms with E-state index >= 15 is 0 Å². The first-order valence-electron chi connectivity index (χ1n) is 45.0. The van der Waals surface area contributed by atoms with Crippen LogP contribution in [0.15, 0.2) is 36.4 Å². The molecule has 0 aromatic heterocycles. The summed E-state index contributed by atoms with van der Waals surface area (Å²) in [5.41, 5.74) is -0.583. The van der Waals surface area contributed by atoms with Gasteiger partial charge in [-0.1, -0.05) is 87.5 Å². The molecule has 1 radical (unpaired) electrons. The number of ether oxygens (including phenoxy) is 17. The van der Waals surface area contributed by atoms with Crippen LogP contribution in [0, 0.1) is 125 Å². The minimum Gasteiger partial charge on any atom is -0.447 e. The Morgan fingerprint density at radius 1 is 0.451 bits per heavy atom. The Morgan fingerprint density at radius 2 is 0.817 bits per heavy atom. The number of esters is 2. The zero-order valence-electron chi connectivity index (χ0n) is 82.7. The zero-order chi connectivity index (χ0) is 106. The van der Waals surface area contributed by atoms with Crippen LogP contribution in [0.25, 0.3) is 0 Å². The fourth-order valence-corrected chi connectivity index (χ4v) is 10.5. The molecule has 3 aliphatic heterocycles. The van der Waals surface area contributed by atoms with Crippen molar-refractivity contribution in [1.29, 1.82) is 0 Å². The summed E-state index contributed by atoms with van der Waals surface area (Å²) in [5, 5.41) is 24.6. The molecule has 142 heavy (non-hydrogen) atoms. The predicted octanol–water partition coefficient (Wildman–Crippen LogP) is 10.7. The third-order valence-electron chi connectivity index (χ3n) is 18.6. The topological polar surface area (TPSA) is 521 Å². The third-order valence-corrected chi connectivity index (χ3v) is 19.6. The number of non-ortho nitro benzene ring substituents is 1. The molecular weight excluding hydrogens is 2050 g/mol. The molecule has 0 aliphatic carbocycles. The number of hydroxylamine groups is 6. The van der Waals surface area contributed by atoms with E-state index in [0.29, 0.717) is 137 Å². The molecule has 8 amide bonds. The third kappa shape index (κ3) is 61.4. The van der Waals surface area contributed by atoms with E-state index in [1.807, 2.05) is 27.7 Å². The van der Waals surface area contributed by atoms with Crippen molar-refractivity contribution in [2.75, 3.05) is 185 Å². The number of amides is 8. The number of nitro benzene ring substituents is 1. The Balaban J connectivity index is 0. The number of hydrogen-bond acceptors (Lipinski definition) is 38. The van der Waals surface area contributed by atoms with E-state index in [1.165, 1.54) is 84.7 Å². The van der Waals surface area contributed by atoms with Gasteiger partial charge in [0, 0.05) is 152 Å². The molecule has 3 fully saturated rings. The maximum absolute atomic E-state index is 14.2. The van der Waals surface area contributed by atoms with Crippen molar-refractivity contribution in [2.24, 2.45) is 23.7 Å². The van der Waals surface area contributed by atoms with Crippen LogP contribution in [0.1, 0.15) is 156 Å². The van der Waals surface area contributed by atoms with Gasteiger partial charge in [0.2, 0.25) is 23.1 Å². The van der Waals surface area contributed by atoms with Crippen molar-refractivity contribution >= 4 is 101 Å². The number of nitro groups is 1. The van der Waals surface area contributed by atoms with Crippen LogP contribution < -0.4 is 24.8 Å². The van der Waals surface area contributed by atoms with E-state index in [2.05, 4.69) is 54.9 Å². The molecule has 3 aliphatic rings. The second-order valence-electron chi connectivity index (χ2n) is 30.5. The Labute approximate surface area is 853 Å². The van der Waals surface area contributed by atoms with Gasteiger partial charge in [0.1, 0.15) is 38.2 Å². The summed E-state index contributed by atoms with van der Waals surface area (Å²) in [6, 6.07) is 3.62. The number of benzene rings is 3. The number of alkyl carbamates (subject to hydrolysis) is 2. The monoisotopic (exact) mass is 2190 g/mol. The summed E-state index contributed by atoms with van der Waals surface area (Å²) >= 11 is 1.22. The maximum atomic E-state index is 14.2. The van der Waals surface area contributed by atoms with E-state index in [0.717, 1.165) is 38.7 Å². The molecule has 3 saturated heterocycles. The van der Waals surface area contributed by atoms with Gasteiger partial charge in [0.25, 0.3) is 41.1 Å². The first kappa shape index (κ1) is 134. The number of carbonyl (C=O) groups excluding carboxylic acids is 14. The fourth-order valence-electron chi connectivity index (χ4n) is 9.61. The van der Waals surface area contributed by atoms with Crippen molar-refractivity contribution in [3.05, 3.63) is 99.5 Å². The van der Waals surface area contributed by atoms with Gasteiger partial charge in [-0.05, 0) is 79.8 Å². The minimum absolute atomic E-state index is 0. The largest absolute Gasteiger partial charge is 0.513 e. The van der Waals surface area contributed by atoms with Gasteiger partial charge in [-0.25, -0.2) is 55.9 Å². The second-order valence-corrected chi connectivity index (χ2v) is 31.7. The molecule has 803 valence electrons. The Kier molecular flexibility index (Phi) is 77.2. The van der Waals surface area contributed by atoms with Crippen LogP contribution in [0.4, 0.5) is 46.4 Å². The molecule has 0 saturated carbocycles. The standard InChI is InChI=1S/C21H30F3NO9.C21H30F3NO8S.C15H25NO5.C12H15NO5.C11H17NO5.C6H7NO5.C5H11.La/c1-14-12-15(22)18(24)19(17(14)23)34-20(26)16(13-32-9-8-30-6-4-28-2)25-21(27)33-11-10-31-7-5-29-3;1-14-12-15(22)18(24)19(17(14)23)33-20(26)16(13-34-11-10-31-7-5-29-3)25-21(27)32-9-8-30-6-4-28-2;1-3-12(2)11-20-10-6-4-5-7-15(19)21-16-13(17)8-9-14(16)18;1-3-9(2)8-17-12(14)18-11-6-4-10(5-7-11)13(15)16;1-3-8(2)6-16-7-11(15)17-12-9(13)4-5-10(12)14;8-3-6(11)12-7-4(9)1-2-5(7)10;1-4-5(2)3;/h2*12,16H,4-11,13H2,1-3H3,(H,25,27);12H,3-11H2,1-2H3;4-7,9H,3,8H2,1-2H3;8H,3-7H2,1-2H3;8H,1-3H2;5H,2,4H2,1,3H3;/q;;;;;;-1;/t2*16-;;;;;;/m00....../s1. The number of nitrogens with zero attached hydrogens (tertiary/aromatic N) is 4. The number of rotatable bonds is 58. The minimum atomic E-state index is -1.68. The molecule has 0 spiro atoms. The number of aliphatic hydroxyl groups excluding tert-OH is 1. The van der Waals surface area contributed by atoms with Gasteiger partial charge in [0.05, 0.1) is 104 Å². The number of hydrogen-bond donors (Lipinski definition) is 3. The normalized spacial score (nSPS) is 13.6. The molecule has 43 nitrogen and oxygen atoms in total. The molecule has 6 rings (SSSR count). The summed E-state index contributed by atoms with van der Waals surface area (Å²) in [7, 11) is 6.07. The Bertz CT molecular complexity index is 4030. The van der Waals surface area contributed by atoms with E-state index in [4.69, 9.17) is 90.5 Å². The zero-order valence-corrected chi connectivity index (χ0v) is 87.1. The van der Waals surface area contributed by atoms with Crippen LogP contribution in [0.5, 0.6) is 17.2 Å². The average molecular weight is 2190 g/mol. The predicted molar refractivity (Wildman–Crippen MR) is 486 cm³/mol. The number of carbonyl (C=O) groups is 14. The van der Waals surface area contributed by atoms with E-state index in [1.54, 1.807) is 0 Å². The van der Waals surface area contributed by atoms with E-state index in [-0.39, 0.29) is 161 Å². The first-order valence-corrected chi connectivity index (χ1v) is 46.2. The van der Waals surface area contributed by atoms with E-state index in [9.17, 15) is 104 Å². The number of unbranched alkanes of at least 4 members (excludes halogenated alkanes) is 2. The van der Waals surface area contributed by atoms with Gasteiger partial charge in [-0.2, -0.15) is 26.5 Å². The summed E-state index contributed by atoms with van der Waals surface area (Å²) in [4.78, 5) is 184. The summed E-state index contributed by atoms with van der Waals surface area (Å²) in [5.74, 6) is -16.2. The Hall–Kier alpha value is -9.72. The quantitative estimate of drug-likeness (QED) is 0.00404. The van der Waals surface area contributed by atoms with E-state index < -0.39 is 160 Å². The summed E-state index contributed by atoms with van der Waals surface area (Å²) in [6.45, 7) is 26.6. The number of methoxy groups -OCH3 is 4. The second kappa shape index (κ2) is 81.6. The summed E-state index contributed by atoms with van der Waals surface area (Å²) < 4.78 is 169. The summed E-state index contributed by atoms with van der Waals surface area (Å²) in [6.07, 6.45) is 4.55. The van der Waals surface area contributed by atoms with Gasteiger partial charge in [-0.15, -0.1) is 15.2 Å². The van der Waals surface area contributed by atoms with Crippen molar-refractivity contribution in [3.63, 3.8) is 0 Å². The molecule has 0 bridgehead atoms. The Morgan fingerprint density at radius 3 is 1.23 bits per heavy atom. The van der Waals surface area contributed by atoms with Crippen LogP contribution in [-0.2, 0) is 134 Å². The first-order chi connectivity index (χ1) is 67.1.